The predicted octanol–water partition coefficient (Wildman–Crippen LogP) is 2.35. The molecule has 0 amide bonds. The lowest BCUT2D eigenvalue weighted by atomic mass is 9.91. The molecule has 0 aromatic heterocycles. The summed E-state index contributed by atoms with van der Waals surface area (Å²) in [5, 5.41) is 4.61. The maximum Gasteiger partial charge on any atom is 0.0309 e. The zero-order valence-electron chi connectivity index (χ0n) is 10.8. The van der Waals surface area contributed by atoms with Crippen molar-refractivity contribution in [3.05, 3.63) is 0 Å². The summed E-state index contributed by atoms with van der Waals surface area (Å²) in [6, 6.07) is 0. The van der Waals surface area contributed by atoms with Gasteiger partial charge in [-0.25, -0.2) is 0 Å². The van der Waals surface area contributed by atoms with Crippen LogP contribution in [0.25, 0.3) is 0 Å². The number of nitrogens with zero attached hydrogens (tertiary/aromatic N) is 1. The van der Waals surface area contributed by atoms with Crippen LogP contribution < -0.4 is 5.32 Å². The fraction of sp³-hybridized carbons (Fsp3) is 1.00. The summed E-state index contributed by atoms with van der Waals surface area (Å²) >= 11 is 2.13. The topological polar surface area (TPSA) is 15.3 Å². The van der Waals surface area contributed by atoms with Crippen molar-refractivity contribution in [3.8, 4) is 0 Å². The quantitative estimate of drug-likeness (QED) is 0.815. The summed E-state index contributed by atoms with van der Waals surface area (Å²) in [5.41, 5.74) is 0.455. The molecule has 3 heteroatoms. The van der Waals surface area contributed by atoms with E-state index in [1.165, 1.54) is 57.6 Å². The second-order valence-corrected chi connectivity index (χ2v) is 7.02. The van der Waals surface area contributed by atoms with Crippen molar-refractivity contribution in [1.29, 1.82) is 0 Å². The molecule has 16 heavy (non-hydrogen) atoms. The fourth-order valence-corrected chi connectivity index (χ4v) is 4.32. The van der Waals surface area contributed by atoms with E-state index in [2.05, 4.69) is 35.8 Å². The SMILES string of the molecule is CCCC1(CN2CCSC(C)C2)CCCN1. The Morgan fingerprint density at radius 2 is 2.38 bits per heavy atom. The highest BCUT2D eigenvalue weighted by molar-refractivity contribution is 7.99. The van der Waals surface area contributed by atoms with E-state index in [4.69, 9.17) is 0 Å². The van der Waals surface area contributed by atoms with E-state index in [0.29, 0.717) is 5.54 Å². The lowest BCUT2D eigenvalue weighted by Crippen LogP contribution is -2.52. The molecule has 1 N–H and O–H groups in total. The van der Waals surface area contributed by atoms with Crippen molar-refractivity contribution in [2.24, 2.45) is 0 Å². The van der Waals surface area contributed by atoms with Gasteiger partial charge >= 0.3 is 0 Å². The van der Waals surface area contributed by atoms with Gasteiger partial charge in [0.05, 0.1) is 0 Å². The number of nitrogens with one attached hydrogen (secondary N) is 1. The van der Waals surface area contributed by atoms with Crippen molar-refractivity contribution in [1.82, 2.24) is 10.2 Å². The van der Waals surface area contributed by atoms with Crippen molar-refractivity contribution in [2.45, 2.75) is 50.3 Å². The summed E-state index contributed by atoms with van der Waals surface area (Å²) in [5.74, 6) is 1.32. The molecule has 0 saturated carbocycles. The fourth-order valence-electron chi connectivity index (χ4n) is 3.24. The van der Waals surface area contributed by atoms with Crippen LogP contribution in [0.15, 0.2) is 0 Å². The first-order valence-electron chi connectivity index (χ1n) is 6.83. The van der Waals surface area contributed by atoms with E-state index in [1.807, 2.05) is 0 Å². The van der Waals surface area contributed by atoms with Crippen molar-refractivity contribution >= 4 is 11.8 Å². The van der Waals surface area contributed by atoms with Gasteiger partial charge in [-0.1, -0.05) is 20.3 Å². The molecule has 0 aliphatic carbocycles. The minimum absolute atomic E-state index is 0.455. The molecule has 2 unspecified atom stereocenters. The summed E-state index contributed by atoms with van der Waals surface area (Å²) in [6.07, 6.45) is 5.42. The van der Waals surface area contributed by atoms with Gasteiger partial charge in [0.1, 0.15) is 0 Å². The third-order valence-corrected chi connectivity index (χ3v) is 5.05. The molecule has 2 rings (SSSR count). The standard InChI is InChI=1S/C13H26N2S/c1-3-5-13(6-4-7-14-13)11-15-8-9-16-12(2)10-15/h12,14H,3-11H2,1-2H3. The molecule has 2 fully saturated rings. The molecule has 0 spiro atoms. The molecule has 2 aliphatic rings. The lowest BCUT2D eigenvalue weighted by molar-refractivity contribution is 0.189. The van der Waals surface area contributed by atoms with E-state index in [9.17, 15) is 0 Å². The maximum atomic E-state index is 3.78. The molecule has 2 aliphatic heterocycles. The van der Waals surface area contributed by atoms with Crippen LogP contribution in [-0.4, -0.2) is 47.6 Å². The normalized spacial score (nSPS) is 36.8. The van der Waals surface area contributed by atoms with E-state index in [1.54, 1.807) is 0 Å². The van der Waals surface area contributed by atoms with Gasteiger partial charge in [0.2, 0.25) is 0 Å². The highest BCUT2D eigenvalue weighted by Gasteiger charge is 2.35. The van der Waals surface area contributed by atoms with E-state index in [0.717, 1.165) is 5.25 Å². The summed E-state index contributed by atoms with van der Waals surface area (Å²) in [7, 11) is 0. The van der Waals surface area contributed by atoms with Gasteiger partial charge in [0.15, 0.2) is 0 Å². The lowest BCUT2D eigenvalue weighted by Gasteiger charge is -2.39. The monoisotopic (exact) mass is 242 g/mol. The van der Waals surface area contributed by atoms with Crippen LogP contribution in [-0.2, 0) is 0 Å². The molecule has 0 aromatic rings. The van der Waals surface area contributed by atoms with Gasteiger partial charge in [-0.15, -0.1) is 0 Å². The average Bonchev–Trinajstić information content (AvgIpc) is 2.67. The molecule has 2 heterocycles. The second-order valence-electron chi connectivity index (χ2n) is 5.48. The molecule has 0 aromatic carbocycles. The largest absolute Gasteiger partial charge is 0.310 e. The smallest absolute Gasteiger partial charge is 0.0309 e. The Hall–Kier alpha value is 0.270. The van der Waals surface area contributed by atoms with Gasteiger partial charge in [-0.05, 0) is 25.8 Å². The zero-order valence-corrected chi connectivity index (χ0v) is 11.6. The number of hydrogen-bond donors (Lipinski definition) is 1. The molecule has 94 valence electrons. The predicted molar refractivity (Wildman–Crippen MR) is 73.2 cm³/mol. The first-order valence-corrected chi connectivity index (χ1v) is 7.88. The van der Waals surface area contributed by atoms with Crippen molar-refractivity contribution in [3.63, 3.8) is 0 Å². The van der Waals surface area contributed by atoms with Gasteiger partial charge in [0.25, 0.3) is 0 Å². The van der Waals surface area contributed by atoms with Crippen molar-refractivity contribution < 1.29 is 0 Å². The summed E-state index contributed by atoms with van der Waals surface area (Å²) in [4.78, 5) is 2.69. The average molecular weight is 242 g/mol. The summed E-state index contributed by atoms with van der Waals surface area (Å²) in [6.45, 7) is 9.78. The maximum absolute atomic E-state index is 3.78. The van der Waals surface area contributed by atoms with Crippen LogP contribution in [0.2, 0.25) is 0 Å². The third-order valence-electron chi connectivity index (χ3n) is 3.91. The Morgan fingerprint density at radius 3 is 3.00 bits per heavy atom. The number of hydrogen-bond acceptors (Lipinski definition) is 3. The van der Waals surface area contributed by atoms with Gasteiger partial charge in [-0.2, -0.15) is 11.8 Å². The number of rotatable bonds is 4. The number of thioether (sulfide) groups is 1. The Bertz CT molecular complexity index is 214. The van der Waals surface area contributed by atoms with Crippen LogP contribution in [0.5, 0.6) is 0 Å². The minimum atomic E-state index is 0.455. The minimum Gasteiger partial charge on any atom is -0.310 e. The third kappa shape index (κ3) is 3.14. The van der Waals surface area contributed by atoms with Crippen molar-refractivity contribution in [2.75, 3.05) is 31.9 Å². The van der Waals surface area contributed by atoms with E-state index >= 15 is 0 Å². The van der Waals surface area contributed by atoms with E-state index < -0.39 is 0 Å². The van der Waals surface area contributed by atoms with Crippen LogP contribution in [0.4, 0.5) is 0 Å². The Labute approximate surface area is 105 Å². The van der Waals surface area contributed by atoms with E-state index in [-0.39, 0.29) is 0 Å². The molecule has 0 radical (unpaired) electrons. The highest BCUT2D eigenvalue weighted by Crippen LogP contribution is 2.28. The molecule has 2 saturated heterocycles. The summed E-state index contributed by atoms with van der Waals surface area (Å²) < 4.78 is 0. The molecular formula is C13H26N2S. The second kappa shape index (κ2) is 5.74. The van der Waals surface area contributed by atoms with Crippen LogP contribution >= 0.6 is 11.8 Å². The van der Waals surface area contributed by atoms with Crippen LogP contribution in [0, 0.1) is 0 Å². The first-order chi connectivity index (χ1) is 7.74. The molecule has 2 nitrogen and oxygen atoms in total. The van der Waals surface area contributed by atoms with Gasteiger partial charge in [0, 0.05) is 36.2 Å². The first kappa shape index (κ1) is 12.7. The van der Waals surface area contributed by atoms with Gasteiger partial charge in [-0.3, -0.25) is 4.90 Å². The Balaban J connectivity index is 1.89. The zero-order chi connectivity index (χ0) is 11.4. The van der Waals surface area contributed by atoms with Crippen LogP contribution in [0.3, 0.4) is 0 Å². The Morgan fingerprint density at radius 1 is 1.50 bits per heavy atom. The molecule has 2 atom stereocenters. The molecular weight excluding hydrogens is 216 g/mol. The van der Waals surface area contributed by atoms with Crippen LogP contribution in [0.1, 0.15) is 39.5 Å². The highest BCUT2D eigenvalue weighted by atomic mass is 32.2. The molecule has 0 bridgehead atoms. The Kier molecular flexibility index (Phi) is 4.57. The van der Waals surface area contributed by atoms with Gasteiger partial charge < -0.3 is 5.32 Å².